The molecule has 0 saturated carbocycles. The molecule has 1 aliphatic heterocycles. The van der Waals surface area contributed by atoms with Crippen molar-refractivity contribution in [3.63, 3.8) is 0 Å². The SMILES string of the molecule is Cc1cccc2[nH]cc(CCNC(=O)[C@H]3CNC[C@@H]3c3cnn(C)c3)c12. The predicted molar refractivity (Wildman–Crippen MR) is 102 cm³/mol. The van der Waals surface area contributed by atoms with Gasteiger partial charge in [-0.1, -0.05) is 12.1 Å². The second kappa shape index (κ2) is 6.96. The molecule has 1 amide bonds. The number of amides is 1. The first-order chi connectivity index (χ1) is 12.6. The van der Waals surface area contributed by atoms with E-state index >= 15 is 0 Å². The molecule has 0 aliphatic carbocycles. The number of hydrogen-bond donors (Lipinski definition) is 3. The van der Waals surface area contributed by atoms with Crippen molar-refractivity contribution in [2.24, 2.45) is 13.0 Å². The average molecular weight is 351 g/mol. The molecule has 1 saturated heterocycles. The summed E-state index contributed by atoms with van der Waals surface area (Å²) in [6, 6.07) is 6.28. The first kappa shape index (κ1) is 16.8. The van der Waals surface area contributed by atoms with Gasteiger partial charge in [-0.25, -0.2) is 0 Å². The lowest BCUT2D eigenvalue weighted by Gasteiger charge is -2.17. The highest BCUT2D eigenvalue weighted by Gasteiger charge is 2.34. The van der Waals surface area contributed by atoms with Gasteiger partial charge in [0.15, 0.2) is 0 Å². The quantitative estimate of drug-likeness (QED) is 0.657. The van der Waals surface area contributed by atoms with Crippen LogP contribution in [-0.2, 0) is 18.3 Å². The first-order valence-electron chi connectivity index (χ1n) is 9.16. The van der Waals surface area contributed by atoms with Crippen molar-refractivity contribution in [1.82, 2.24) is 25.4 Å². The Bertz CT molecular complexity index is 925. The number of hydrogen-bond acceptors (Lipinski definition) is 3. The molecule has 3 N–H and O–H groups in total. The van der Waals surface area contributed by atoms with Gasteiger partial charge in [0.1, 0.15) is 0 Å². The lowest BCUT2D eigenvalue weighted by Crippen LogP contribution is -2.35. The van der Waals surface area contributed by atoms with Crippen LogP contribution < -0.4 is 10.6 Å². The molecule has 6 heteroatoms. The third-order valence-electron chi connectivity index (χ3n) is 5.39. The van der Waals surface area contributed by atoms with Crippen molar-refractivity contribution in [3.05, 3.63) is 53.5 Å². The molecule has 6 nitrogen and oxygen atoms in total. The fourth-order valence-electron chi connectivity index (χ4n) is 4.04. The summed E-state index contributed by atoms with van der Waals surface area (Å²) in [5.74, 6) is 0.281. The summed E-state index contributed by atoms with van der Waals surface area (Å²) in [7, 11) is 1.91. The number of benzene rings is 1. The third-order valence-corrected chi connectivity index (χ3v) is 5.39. The number of aryl methyl sites for hydroxylation is 2. The minimum Gasteiger partial charge on any atom is -0.361 e. The van der Waals surface area contributed by atoms with Crippen LogP contribution in [0.25, 0.3) is 10.9 Å². The van der Waals surface area contributed by atoms with Crippen molar-refractivity contribution in [1.29, 1.82) is 0 Å². The Morgan fingerprint density at radius 2 is 2.27 bits per heavy atom. The smallest absolute Gasteiger partial charge is 0.225 e. The Morgan fingerprint density at radius 3 is 3.08 bits per heavy atom. The van der Waals surface area contributed by atoms with Gasteiger partial charge in [0, 0.05) is 55.9 Å². The van der Waals surface area contributed by atoms with Crippen molar-refractivity contribution in [2.75, 3.05) is 19.6 Å². The summed E-state index contributed by atoms with van der Waals surface area (Å²) in [6.07, 6.45) is 6.76. The van der Waals surface area contributed by atoms with E-state index < -0.39 is 0 Å². The molecule has 3 aromatic rings. The maximum absolute atomic E-state index is 12.7. The van der Waals surface area contributed by atoms with Crippen molar-refractivity contribution in [2.45, 2.75) is 19.3 Å². The molecule has 0 bridgehead atoms. The molecular weight excluding hydrogens is 326 g/mol. The molecule has 1 fully saturated rings. The molecular formula is C20H25N5O. The molecule has 2 aromatic heterocycles. The molecule has 1 aliphatic rings. The van der Waals surface area contributed by atoms with Crippen LogP contribution in [0.4, 0.5) is 0 Å². The molecule has 0 radical (unpaired) electrons. The van der Waals surface area contributed by atoms with Gasteiger partial charge >= 0.3 is 0 Å². The summed E-state index contributed by atoms with van der Waals surface area (Å²) >= 11 is 0. The van der Waals surface area contributed by atoms with E-state index in [1.165, 1.54) is 16.5 Å². The van der Waals surface area contributed by atoms with Gasteiger partial charge < -0.3 is 15.6 Å². The molecule has 3 heterocycles. The second-order valence-corrected chi connectivity index (χ2v) is 7.17. The highest BCUT2D eigenvalue weighted by atomic mass is 16.1. The highest BCUT2D eigenvalue weighted by Crippen LogP contribution is 2.28. The van der Waals surface area contributed by atoms with Crippen LogP contribution in [0.5, 0.6) is 0 Å². The number of aromatic amines is 1. The van der Waals surface area contributed by atoms with Crippen LogP contribution in [-0.4, -0.2) is 40.3 Å². The van der Waals surface area contributed by atoms with E-state index in [0.29, 0.717) is 6.54 Å². The van der Waals surface area contributed by atoms with E-state index in [4.69, 9.17) is 0 Å². The minimum absolute atomic E-state index is 0.0381. The molecule has 2 atom stereocenters. The zero-order chi connectivity index (χ0) is 18.1. The number of aromatic nitrogens is 3. The second-order valence-electron chi connectivity index (χ2n) is 7.17. The van der Waals surface area contributed by atoms with Crippen LogP contribution in [0.2, 0.25) is 0 Å². The highest BCUT2D eigenvalue weighted by molar-refractivity contribution is 5.86. The Balaban J connectivity index is 1.39. The summed E-state index contributed by atoms with van der Waals surface area (Å²) in [4.78, 5) is 16.0. The van der Waals surface area contributed by atoms with E-state index in [2.05, 4.69) is 52.0 Å². The molecule has 0 spiro atoms. The third kappa shape index (κ3) is 3.12. The van der Waals surface area contributed by atoms with Gasteiger partial charge in [-0.05, 0) is 36.1 Å². The zero-order valence-electron chi connectivity index (χ0n) is 15.2. The van der Waals surface area contributed by atoms with Crippen LogP contribution in [0, 0.1) is 12.8 Å². The van der Waals surface area contributed by atoms with E-state index in [1.807, 2.05) is 19.4 Å². The Morgan fingerprint density at radius 1 is 1.38 bits per heavy atom. The number of carbonyl (C=O) groups excluding carboxylic acids is 1. The first-order valence-corrected chi connectivity index (χ1v) is 9.16. The van der Waals surface area contributed by atoms with E-state index in [0.717, 1.165) is 30.6 Å². The fraction of sp³-hybridized carbons (Fsp3) is 0.400. The molecule has 26 heavy (non-hydrogen) atoms. The number of nitrogens with zero attached hydrogens (tertiary/aromatic N) is 2. The maximum atomic E-state index is 12.7. The minimum atomic E-state index is -0.0381. The lowest BCUT2D eigenvalue weighted by atomic mass is 9.90. The van der Waals surface area contributed by atoms with Gasteiger partial charge in [0.2, 0.25) is 5.91 Å². The zero-order valence-corrected chi connectivity index (χ0v) is 15.2. The van der Waals surface area contributed by atoms with Crippen LogP contribution >= 0.6 is 0 Å². The summed E-state index contributed by atoms with van der Waals surface area (Å²) in [6.45, 7) is 4.32. The monoisotopic (exact) mass is 351 g/mol. The molecule has 4 rings (SSSR count). The van der Waals surface area contributed by atoms with Crippen LogP contribution in [0.3, 0.4) is 0 Å². The predicted octanol–water partition coefficient (Wildman–Crippen LogP) is 1.87. The molecule has 1 aromatic carbocycles. The normalized spacial score (nSPS) is 19.9. The average Bonchev–Trinajstić information content (AvgIpc) is 3.34. The van der Waals surface area contributed by atoms with E-state index in [-0.39, 0.29) is 17.7 Å². The van der Waals surface area contributed by atoms with E-state index in [9.17, 15) is 4.79 Å². The van der Waals surface area contributed by atoms with Crippen molar-refractivity contribution < 1.29 is 4.79 Å². The number of H-pyrrole nitrogens is 1. The maximum Gasteiger partial charge on any atom is 0.225 e. The number of fused-ring (bicyclic) bond motifs is 1. The topological polar surface area (TPSA) is 74.7 Å². The lowest BCUT2D eigenvalue weighted by molar-refractivity contribution is -0.124. The van der Waals surface area contributed by atoms with Gasteiger partial charge in [-0.2, -0.15) is 5.10 Å². The van der Waals surface area contributed by atoms with Gasteiger partial charge in [-0.15, -0.1) is 0 Å². The Labute approximate surface area is 153 Å². The number of carbonyl (C=O) groups is 1. The van der Waals surface area contributed by atoms with Crippen LogP contribution in [0.15, 0.2) is 36.8 Å². The Kier molecular flexibility index (Phi) is 4.51. The van der Waals surface area contributed by atoms with Gasteiger partial charge in [-0.3, -0.25) is 9.48 Å². The van der Waals surface area contributed by atoms with Gasteiger partial charge in [0.05, 0.1) is 12.1 Å². The van der Waals surface area contributed by atoms with Crippen LogP contribution in [0.1, 0.15) is 22.6 Å². The summed E-state index contributed by atoms with van der Waals surface area (Å²) in [5, 5.41) is 12.0. The van der Waals surface area contributed by atoms with Crippen molar-refractivity contribution >= 4 is 16.8 Å². The number of rotatable bonds is 5. The Hall–Kier alpha value is -2.60. The largest absolute Gasteiger partial charge is 0.361 e. The van der Waals surface area contributed by atoms with E-state index in [1.54, 1.807) is 4.68 Å². The molecule has 136 valence electrons. The van der Waals surface area contributed by atoms with Crippen molar-refractivity contribution in [3.8, 4) is 0 Å². The summed E-state index contributed by atoms with van der Waals surface area (Å²) in [5.41, 5.74) is 4.81. The summed E-state index contributed by atoms with van der Waals surface area (Å²) < 4.78 is 1.79. The molecule has 0 unspecified atom stereocenters. The van der Waals surface area contributed by atoms with Gasteiger partial charge in [0.25, 0.3) is 0 Å². The number of nitrogens with one attached hydrogen (secondary N) is 3. The standard InChI is InChI=1S/C20H25N5O/c1-13-4-3-5-18-19(13)14(8-23-18)6-7-22-20(26)17-11-21-10-16(17)15-9-24-25(2)12-15/h3-5,8-9,12,16-17,21,23H,6-7,10-11H2,1-2H3,(H,22,26)/t16-,17+/m1/s1. The fourth-order valence-corrected chi connectivity index (χ4v) is 4.04.